The molecule has 16 heavy (non-hydrogen) atoms. The van der Waals surface area contributed by atoms with Gasteiger partial charge in [-0.25, -0.2) is 0 Å². The van der Waals surface area contributed by atoms with Gasteiger partial charge in [0.1, 0.15) is 0 Å². The van der Waals surface area contributed by atoms with Gasteiger partial charge in [-0.05, 0) is 57.5 Å². The Kier molecular flexibility index (Phi) is 5.82. The zero-order valence-electron chi connectivity index (χ0n) is 12.0. The van der Waals surface area contributed by atoms with E-state index < -0.39 is 0 Å². The minimum atomic E-state index is 0.817. The molecule has 4 unspecified atom stereocenters. The summed E-state index contributed by atoms with van der Waals surface area (Å²) in [6.07, 6.45) is 8.45. The van der Waals surface area contributed by atoms with Crippen molar-refractivity contribution in [3.63, 3.8) is 0 Å². The van der Waals surface area contributed by atoms with Gasteiger partial charge >= 0.3 is 0 Å². The van der Waals surface area contributed by atoms with Crippen molar-refractivity contribution in [1.29, 1.82) is 0 Å². The van der Waals surface area contributed by atoms with Crippen LogP contribution in [-0.4, -0.2) is 25.0 Å². The maximum Gasteiger partial charge on any atom is 0.00891 e. The van der Waals surface area contributed by atoms with Crippen molar-refractivity contribution in [3.05, 3.63) is 0 Å². The number of hydrogen-bond acceptors (Lipinski definition) is 1. The Bertz CT molecular complexity index is 188. The van der Waals surface area contributed by atoms with Crippen LogP contribution >= 0.6 is 0 Å². The summed E-state index contributed by atoms with van der Waals surface area (Å²) in [5.74, 6) is 3.06. The molecule has 96 valence electrons. The molecule has 0 aromatic carbocycles. The predicted octanol–water partition coefficient (Wildman–Crippen LogP) is 4.18. The SMILES string of the molecule is CCCC(CCC1CC(CC)C1C)N(C)C. The quantitative estimate of drug-likeness (QED) is 0.628. The van der Waals surface area contributed by atoms with E-state index in [1.165, 1.54) is 38.5 Å². The number of nitrogens with zero attached hydrogens (tertiary/aromatic N) is 1. The molecule has 4 atom stereocenters. The van der Waals surface area contributed by atoms with Gasteiger partial charge < -0.3 is 4.90 Å². The van der Waals surface area contributed by atoms with E-state index in [2.05, 4.69) is 39.8 Å². The van der Waals surface area contributed by atoms with Gasteiger partial charge in [-0.2, -0.15) is 0 Å². The molecule has 1 aliphatic carbocycles. The van der Waals surface area contributed by atoms with Crippen molar-refractivity contribution < 1.29 is 0 Å². The highest BCUT2D eigenvalue weighted by atomic mass is 15.1. The highest BCUT2D eigenvalue weighted by molar-refractivity contribution is 4.86. The molecule has 1 rings (SSSR count). The molecule has 1 nitrogen and oxygen atoms in total. The fourth-order valence-electron chi connectivity index (χ4n) is 3.33. The molecule has 1 aliphatic rings. The van der Waals surface area contributed by atoms with Crippen molar-refractivity contribution in [2.75, 3.05) is 14.1 Å². The molecule has 1 fully saturated rings. The van der Waals surface area contributed by atoms with Gasteiger partial charge in [-0.1, -0.05) is 33.6 Å². The summed E-state index contributed by atoms with van der Waals surface area (Å²) in [5, 5.41) is 0. The van der Waals surface area contributed by atoms with Crippen molar-refractivity contribution in [3.8, 4) is 0 Å². The molecular formula is C15H31N. The summed E-state index contributed by atoms with van der Waals surface area (Å²) in [5.41, 5.74) is 0. The smallest absolute Gasteiger partial charge is 0.00891 e. The second kappa shape index (κ2) is 6.64. The van der Waals surface area contributed by atoms with E-state index >= 15 is 0 Å². The van der Waals surface area contributed by atoms with E-state index in [1.54, 1.807) is 0 Å². The van der Waals surface area contributed by atoms with Crippen molar-refractivity contribution in [2.24, 2.45) is 17.8 Å². The Morgan fingerprint density at radius 2 is 1.81 bits per heavy atom. The van der Waals surface area contributed by atoms with Gasteiger partial charge in [0.05, 0.1) is 0 Å². The molecule has 0 amide bonds. The van der Waals surface area contributed by atoms with Crippen molar-refractivity contribution in [2.45, 2.75) is 65.3 Å². The van der Waals surface area contributed by atoms with E-state index in [0.29, 0.717) is 0 Å². The van der Waals surface area contributed by atoms with Crippen molar-refractivity contribution in [1.82, 2.24) is 4.90 Å². The lowest BCUT2D eigenvalue weighted by Crippen LogP contribution is -2.36. The van der Waals surface area contributed by atoms with E-state index in [1.807, 2.05) is 0 Å². The molecule has 0 spiro atoms. The summed E-state index contributed by atoms with van der Waals surface area (Å²) in [6, 6.07) is 0.817. The Morgan fingerprint density at radius 3 is 2.25 bits per heavy atom. The fourth-order valence-corrected chi connectivity index (χ4v) is 3.33. The van der Waals surface area contributed by atoms with Crippen LogP contribution in [0.25, 0.3) is 0 Å². The molecule has 0 N–H and O–H groups in total. The minimum Gasteiger partial charge on any atom is -0.306 e. The highest BCUT2D eigenvalue weighted by Gasteiger charge is 2.35. The van der Waals surface area contributed by atoms with E-state index in [0.717, 1.165) is 23.8 Å². The van der Waals surface area contributed by atoms with Crippen LogP contribution in [0.15, 0.2) is 0 Å². The first-order valence-corrected chi connectivity index (χ1v) is 7.26. The lowest BCUT2D eigenvalue weighted by molar-refractivity contribution is 0.0675. The van der Waals surface area contributed by atoms with Gasteiger partial charge in [0, 0.05) is 6.04 Å². The third-order valence-corrected chi connectivity index (χ3v) is 4.84. The van der Waals surface area contributed by atoms with Gasteiger partial charge in [0.25, 0.3) is 0 Å². The topological polar surface area (TPSA) is 3.24 Å². The predicted molar refractivity (Wildman–Crippen MR) is 72.7 cm³/mol. The Labute approximate surface area is 103 Å². The average Bonchev–Trinajstić information content (AvgIpc) is 2.25. The lowest BCUT2D eigenvalue weighted by atomic mass is 9.63. The average molecular weight is 225 g/mol. The molecule has 0 heterocycles. The van der Waals surface area contributed by atoms with Crippen LogP contribution in [0.5, 0.6) is 0 Å². The van der Waals surface area contributed by atoms with Crippen LogP contribution in [0.2, 0.25) is 0 Å². The van der Waals surface area contributed by atoms with Crippen molar-refractivity contribution >= 4 is 0 Å². The first-order chi connectivity index (χ1) is 7.60. The maximum atomic E-state index is 2.47. The Morgan fingerprint density at radius 1 is 1.12 bits per heavy atom. The zero-order chi connectivity index (χ0) is 12.1. The second-order valence-electron chi connectivity index (χ2n) is 6.01. The normalized spacial score (nSPS) is 31.5. The molecule has 1 saturated carbocycles. The van der Waals surface area contributed by atoms with Crippen LogP contribution in [0.4, 0.5) is 0 Å². The minimum absolute atomic E-state index is 0.817. The molecular weight excluding hydrogens is 194 g/mol. The van der Waals surface area contributed by atoms with Crippen LogP contribution in [0.1, 0.15) is 59.3 Å². The fraction of sp³-hybridized carbons (Fsp3) is 1.00. The second-order valence-corrected chi connectivity index (χ2v) is 6.01. The summed E-state index contributed by atoms with van der Waals surface area (Å²) < 4.78 is 0. The number of hydrogen-bond donors (Lipinski definition) is 0. The van der Waals surface area contributed by atoms with Gasteiger partial charge in [0.2, 0.25) is 0 Å². The molecule has 0 bridgehead atoms. The standard InChI is InChI=1S/C15H31N/c1-6-8-15(16(4)5)10-9-14-11-13(7-2)12(14)3/h12-15H,6-11H2,1-5H3. The zero-order valence-corrected chi connectivity index (χ0v) is 12.0. The molecule has 0 aromatic rings. The molecule has 0 radical (unpaired) electrons. The van der Waals surface area contributed by atoms with Gasteiger partial charge in [0.15, 0.2) is 0 Å². The summed E-state index contributed by atoms with van der Waals surface area (Å²) in [4.78, 5) is 2.42. The summed E-state index contributed by atoms with van der Waals surface area (Å²) in [7, 11) is 4.47. The van der Waals surface area contributed by atoms with Crippen LogP contribution in [0.3, 0.4) is 0 Å². The molecule has 0 aromatic heterocycles. The maximum absolute atomic E-state index is 2.47. The first-order valence-electron chi connectivity index (χ1n) is 7.26. The van der Waals surface area contributed by atoms with Gasteiger partial charge in [-0.15, -0.1) is 0 Å². The number of rotatable bonds is 7. The van der Waals surface area contributed by atoms with Crippen LogP contribution < -0.4 is 0 Å². The molecule has 0 saturated heterocycles. The van der Waals surface area contributed by atoms with E-state index in [-0.39, 0.29) is 0 Å². The van der Waals surface area contributed by atoms with Crippen LogP contribution in [0, 0.1) is 17.8 Å². The Balaban J connectivity index is 2.23. The van der Waals surface area contributed by atoms with E-state index in [4.69, 9.17) is 0 Å². The molecule has 1 heteroatoms. The van der Waals surface area contributed by atoms with Crippen LogP contribution in [-0.2, 0) is 0 Å². The monoisotopic (exact) mass is 225 g/mol. The summed E-state index contributed by atoms with van der Waals surface area (Å²) >= 11 is 0. The van der Waals surface area contributed by atoms with E-state index in [9.17, 15) is 0 Å². The largest absolute Gasteiger partial charge is 0.306 e. The highest BCUT2D eigenvalue weighted by Crippen LogP contribution is 2.44. The molecule has 0 aliphatic heterocycles. The third-order valence-electron chi connectivity index (χ3n) is 4.84. The lowest BCUT2D eigenvalue weighted by Gasteiger charge is -2.43. The Hall–Kier alpha value is -0.0400. The third kappa shape index (κ3) is 3.48. The van der Waals surface area contributed by atoms with Gasteiger partial charge in [-0.3, -0.25) is 0 Å². The summed E-state index contributed by atoms with van der Waals surface area (Å²) in [6.45, 7) is 7.11. The first kappa shape index (κ1) is 14.0.